The molecule has 0 unspecified atom stereocenters. The van der Waals surface area contributed by atoms with Crippen LogP contribution in [0.15, 0.2) is 18.2 Å². The van der Waals surface area contributed by atoms with E-state index in [1.165, 1.54) is 12.1 Å². The molecule has 104 valence electrons. The molecular formula is C12H18N4O3. The molecular weight excluding hydrogens is 248 g/mol. The Labute approximate surface area is 111 Å². The molecule has 1 aromatic carbocycles. The van der Waals surface area contributed by atoms with Crippen LogP contribution in [-0.4, -0.2) is 31.0 Å². The number of anilines is 2. The molecule has 0 saturated carbocycles. The Morgan fingerprint density at radius 3 is 2.68 bits per heavy atom. The fraction of sp³-hybridized carbons (Fsp3) is 0.417. The van der Waals surface area contributed by atoms with Crippen LogP contribution in [0, 0.1) is 10.1 Å². The lowest BCUT2D eigenvalue weighted by Gasteiger charge is -2.23. The zero-order valence-corrected chi connectivity index (χ0v) is 11.0. The molecule has 0 radical (unpaired) electrons. The van der Waals surface area contributed by atoms with Crippen LogP contribution in [0.2, 0.25) is 0 Å². The Hall–Kier alpha value is -2.31. The van der Waals surface area contributed by atoms with Crippen molar-refractivity contribution in [3.63, 3.8) is 0 Å². The van der Waals surface area contributed by atoms with Crippen molar-refractivity contribution in [3.8, 4) is 0 Å². The standard InChI is InChI=1S/C12H18N4O3/c1-3-6-15(8-12(17)14-2)9-4-5-11(16(18)19)10(13)7-9/h4-5,7H,3,6,8,13H2,1-2H3,(H,14,17). The summed E-state index contributed by atoms with van der Waals surface area (Å²) in [5, 5.41) is 13.2. The number of likely N-dealkylation sites (N-methyl/N-ethyl adjacent to an activating group) is 1. The maximum absolute atomic E-state index is 11.4. The van der Waals surface area contributed by atoms with Gasteiger partial charge in [-0.3, -0.25) is 14.9 Å². The van der Waals surface area contributed by atoms with Crippen LogP contribution in [0.5, 0.6) is 0 Å². The summed E-state index contributed by atoms with van der Waals surface area (Å²) in [5.74, 6) is -0.120. The highest BCUT2D eigenvalue weighted by molar-refractivity contribution is 5.81. The number of hydrogen-bond acceptors (Lipinski definition) is 5. The molecule has 3 N–H and O–H groups in total. The number of nitro benzene ring substituents is 1. The first-order valence-corrected chi connectivity index (χ1v) is 5.99. The van der Waals surface area contributed by atoms with Gasteiger partial charge in [0.15, 0.2) is 0 Å². The van der Waals surface area contributed by atoms with E-state index < -0.39 is 4.92 Å². The van der Waals surface area contributed by atoms with Gasteiger partial charge in [-0.15, -0.1) is 0 Å². The van der Waals surface area contributed by atoms with E-state index in [9.17, 15) is 14.9 Å². The molecule has 0 aromatic heterocycles. The van der Waals surface area contributed by atoms with Crippen LogP contribution in [0.3, 0.4) is 0 Å². The third-order valence-corrected chi connectivity index (χ3v) is 2.68. The Bertz CT molecular complexity index is 476. The second kappa shape index (κ2) is 6.58. The van der Waals surface area contributed by atoms with Crippen molar-refractivity contribution in [1.82, 2.24) is 5.32 Å². The smallest absolute Gasteiger partial charge is 0.292 e. The summed E-state index contributed by atoms with van der Waals surface area (Å²) >= 11 is 0. The summed E-state index contributed by atoms with van der Waals surface area (Å²) < 4.78 is 0. The highest BCUT2D eigenvalue weighted by Gasteiger charge is 2.15. The zero-order valence-electron chi connectivity index (χ0n) is 11.0. The average Bonchev–Trinajstić information content (AvgIpc) is 2.37. The molecule has 0 saturated heterocycles. The number of rotatable bonds is 6. The predicted octanol–water partition coefficient (Wildman–Crippen LogP) is 1.14. The number of benzene rings is 1. The van der Waals surface area contributed by atoms with E-state index in [-0.39, 0.29) is 23.8 Å². The molecule has 1 aromatic rings. The quantitative estimate of drug-likeness (QED) is 0.456. The van der Waals surface area contributed by atoms with Gasteiger partial charge in [-0.1, -0.05) is 6.92 Å². The molecule has 0 aliphatic carbocycles. The van der Waals surface area contributed by atoms with Gasteiger partial charge in [0.2, 0.25) is 5.91 Å². The van der Waals surface area contributed by atoms with E-state index in [4.69, 9.17) is 5.73 Å². The van der Waals surface area contributed by atoms with Crippen LogP contribution < -0.4 is 16.0 Å². The number of nitro groups is 1. The van der Waals surface area contributed by atoms with Crippen molar-refractivity contribution in [2.45, 2.75) is 13.3 Å². The Balaban J connectivity index is 2.99. The van der Waals surface area contributed by atoms with Crippen molar-refractivity contribution in [3.05, 3.63) is 28.3 Å². The van der Waals surface area contributed by atoms with Crippen LogP contribution in [0.25, 0.3) is 0 Å². The normalized spacial score (nSPS) is 10.0. The van der Waals surface area contributed by atoms with Gasteiger partial charge >= 0.3 is 0 Å². The van der Waals surface area contributed by atoms with Gasteiger partial charge in [0.05, 0.1) is 11.5 Å². The molecule has 7 heteroatoms. The van der Waals surface area contributed by atoms with E-state index in [0.717, 1.165) is 6.42 Å². The number of nitrogens with two attached hydrogens (primary N) is 1. The maximum Gasteiger partial charge on any atom is 0.292 e. The lowest BCUT2D eigenvalue weighted by atomic mass is 10.2. The zero-order chi connectivity index (χ0) is 14.4. The molecule has 0 fully saturated rings. The van der Waals surface area contributed by atoms with Gasteiger partial charge in [-0.2, -0.15) is 0 Å². The van der Waals surface area contributed by atoms with Gasteiger partial charge in [0.25, 0.3) is 5.69 Å². The van der Waals surface area contributed by atoms with E-state index in [0.29, 0.717) is 12.2 Å². The average molecular weight is 266 g/mol. The monoisotopic (exact) mass is 266 g/mol. The highest BCUT2D eigenvalue weighted by Crippen LogP contribution is 2.26. The number of nitrogens with zero attached hydrogens (tertiary/aromatic N) is 2. The molecule has 0 atom stereocenters. The minimum absolute atomic E-state index is 0.0977. The van der Waals surface area contributed by atoms with Crippen LogP contribution in [0.1, 0.15) is 13.3 Å². The topological polar surface area (TPSA) is 102 Å². The number of carbonyl (C=O) groups excluding carboxylic acids is 1. The third kappa shape index (κ3) is 3.84. The number of carbonyl (C=O) groups is 1. The third-order valence-electron chi connectivity index (χ3n) is 2.68. The van der Waals surface area contributed by atoms with E-state index >= 15 is 0 Å². The van der Waals surface area contributed by atoms with E-state index in [1.807, 2.05) is 11.8 Å². The summed E-state index contributed by atoms with van der Waals surface area (Å²) in [4.78, 5) is 23.4. The Morgan fingerprint density at radius 1 is 1.53 bits per heavy atom. The van der Waals surface area contributed by atoms with E-state index in [1.54, 1.807) is 13.1 Å². The summed E-state index contributed by atoms with van der Waals surface area (Å²) in [6.45, 7) is 2.86. The van der Waals surface area contributed by atoms with Crippen LogP contribution in [-0.2, 0) is 4.79 Å². The highest BCUT2D eigenvalue weighted by atomic mass is 16.6. The maximum atomic E-state index is 11.4. The molecule has 1 amide bonds. The minimum atomic E-state index is -0.526. The summed E-state index contributed by atoms with van der Waals surface area (Å²) in [7, 11) is 1.57. The number of hydrogen-bond donors (Lipinski definition) is 2. The van der Waals surface area contributed by atoms with Crippen LogP contribution >= 0.6 is 0 Å². The van der Waals surface area contributed by atoms with Crippen molar-refractivity contribution in [2.24, 2.45) is 0 Å². The Kier molecular flexibility index (Phi) is 5.11. The second-order valence-electron chi connectivity index (χ2n) is 4.09. The molecule has 0 heterocycles. The summed E-state index contributed by atoms with van der Waals surface area (Å²) in [5.41, 5.74) is 6.33. The Morgan fingerprint density at radius 2 is 2.21 bits per heavy atom. The number of nitrogen functional groups attached to an aromatic ring is 1. The summed E-state index contributed by atoms with van der Waals surface area (Å²) in [6.07, 6.45) is 0.855. The van der Waals surface area contributed by atoms with Crippen molar-refractivity contribution >= 4 is 23.0 Å². The van der Waals surface area contributed by atoms with E-state index in [2.05, 4.69) is 5.32 Å². The molecule has 0 spiro atoms. The van der Waals surface area contributed by atoms with Crippen molar-refractivity contribution < 1.29 is 9.72 Å². The van der Waals surface area contributed by atoms with Gasteiger partial charge in [-0.05, 0) is 18.6 Å². The largest absolute Gasteiger partial charge is 0.393 e. The second-order valence-corrected chi connectivity index (χ2v) is 4.09. The van der Waals surface area contributed by atoms with Gasteiger partial charge in [0.1, 0.15) is 5.69 Å². The SMILES string of the molecule is CCCN(CC(=O)NC)c1ccc([N+](=O)[O-])c(N)c1. The van der Waals surface area contributed by atoms with Gasteiger partial charge in [-0.25, -0.2) is 0 Å². The lowest BCUT2D eigenvalue weighted by molar-refractivity contribution is -0.383. The molecule has 19 heavy (non-hydrogen) atoms. The first-order valence-electron chi connectivity index (χ1n) is 5.99. The number of nitrogens with one attached hydrogen (secondary N) is 1. The first kappa shape index (κ1) is 14.7. The lowest BCUT2D eigenvalue weighted by Crippen LogP contribution is -2.36. The predicted molar refractivity (Wildman–Crippen MR) is 74.1 cm³/mol. The fourth-order valence-corrected chi connectivity index (χ4v) is 1.73. The fourth-order valence-electron chi connectivity index (χ4n) is 1.73. The van der Waals surface area contributed by atoms with Crippen molar-refractivity contribution in [2.75, 3.05) is 30.8 Å². The first-order chi connectivity index (χ1) is 8.99. The van der Waals surface area contributed by atoms with Gasteiger partial charge in [0, 0.05) is 25.3 Å². The molecule has 0 aliphatic rings. The molecule has 7 nitrogen and oxygen atoms in total. The van der Waals surface area contributed by atoms with Gasteiger partial charge < -0.3 is 16.0 Å². The van der Waals surface area contributed by atoms with Crippen LogP contribution in [0.4, 0.5) is 17.1 Å². The molecule has 0 bridgehead atoms. The van der Waals surface area contributed by atoms with Crippen molar-refractivity contribution in [1.29, 1.82) is 0 Å². The molecule has 1 rings (SSSR count). The summed E-state index contributed by atoms with van der Waals surface area (Å²) in [6, 6.07) is 4.49. The molecule has 0 aliphatic heterocycles. The number of amides is 1. The minimum Gasteiger partial charge on any atom is -0.393 e.